The van der Waals surface area contributed by atoms with Crippen LogP contribution in [0.5, 0.6) is 0 Å². The molecular formula is C15H25N3O4S. The van der Waals surface area contributed by atoms with E-state index in [1.807, 2.05) is 4.57 Å². The van der Waals surface area contributed by atoms with Crippen molar-refractivity contribution in [1.29, 1.82) is 0 Å². The molecule has 1 unspecified atom stereocenters. The van der Waals surface area contributed by atoms with Gasteiger partial charge in [-0.3, -0.25) is 0 Å². The van der Waals surface area contributed by atoms with E-state index in [0.29, 0.717) is 25.6 Å². The van der Waals surface area contributed by atoms with Crippen LogP contribution in [0, 0.1) is 11.8 Å². The molecule has 1 fully saturated rings. The van der Waals surface area contributed by atoms with Crippen molar-refractivity contribution >= 4 is 10.0 Å². The van der Waals surface area contributed by atoms with Gasteiger partial charge in [-0.2, -0.15) is 4.31 Å². The van der Waals surface area contributed by atoms with E-state index in [1.165, 1.54) is 10.6 Å². The van der Waals surface area contributed by atoms with Gasteiger partial charge >= 0.3 is 0 Å². The van der Waals surface area contributed by atoms with Crippen molar-refractivity contribution in [1.82, 2.24) is 13.9 Å². The fourth-order valence-corrected chi connectivity index (χ4v) is 4.03. The van der Waals surface area contributed by atoms with Crippen molar-refractivity contribution in [2.45, 2.75) is 25.9 Å². The summed E-state index contributed by atoms with van der Waals surface area (Å²) in [4.78, 5) is 4.14. The van der Waals surface area contributed by atoms with Gasteiger partial charge in [0.2, 0.25) is 10.0 Å². The Morgan fingerprint density at radius 2 is 2.00 bits per heavy atom. The minimum absolute atomic E-state index is 0.139. The van der Waals surface area contributed by atoms with Crippen LogP contribution in [-0.2, 0) is 32.6 Å². The lowest BCUT2D eigenvalue weighted by atomic mass is 10.0. The summed E-state index contributed by atoms with van der Waals surface area (Å²) < 4.78 is 38.8. The predicted molar refractivity (Wildman–Crippen MR) is 85.3 cm³/mol. The Bertz CT molecular complexity index is 610. The molecule has 0 radical (unpaired) electrons. The fourth-order valence-electron chi connectivity index (χ4n) is 3.19. The first-order valence-electron chi connectivity index (χ1n) is 8.12. The van der Waals surface area contributed by atoms with Gasteiger partial charge in [-0.25, -0.2) is 13.4 Å². The maximum atomic E-state index is 12.0. The predicted octanol–water partition coefficient (Wildman–Crippen LogP) is 0.718. The van der Waals surface area contributed by atoms with Crippen molar-refractivity contribution in [2.75, 3.05) is 39.2 Å². The maximum Gasteiger partial charge on any atom is 0.211 e. The molecule has 0 aliphatic carbocycles. The van der Waals surface area contributed by atoms with Crippen LogP contribution < -0.4 is 0 Å². The molecular weight excluding hydrogens is 318 g/mol. The van der Waals surface area contributed by atoms with Crippen LogP contribution in [0.25, 0.3) is 0 Å². The van der Waals surface area contributed by atoms with Crippen molar-refractivity contribution in [3.8, 4) is 0 Å². The third-order valence-corrected chi connectivity index (χ3v) is 5.79. The lowest BCUT2D eigenvalue weighted by Crippen LogP contribution is -2.35. The Morgan fingerprint density at radius 1 is 1.26 bits per heavy atom. The summed E-state index contributed by atoms with van der Waals surface area (Å²) in [6.07, 6.45) is 6.87. The van der Waals surface area contributed by atoms with Gasteiger partial charge in [-0.05, 0) is 18.8 Å². The molecule has 130 valence electrons. The zero-order chi connectivity index (χ0) is 16.3. The molecule has 23 heavy (non-hydrogen) atoms. The lowest BCUT2D eigenvalue weighted by molar-refractivity contribution is 0.00873. The van der Waals surface area contributed by atoms with Gasteiger partial charge < -0.3 is 14.0 Å². The van der Waals surface area contributed by atoms with Gasteiger partial charge in [0, 0.05) is 45.0 Å². The molecule has 3 heterocycles. The highest BCUT2D eigenvalue weighted by molar-refractivity contribution is 7.88. The number of hydrogen-bond donors (Lipinski definition) is 0. The second kappa shape index (κ2) is 7.29. The summed E-state index contributed by atoms with van der Waals surface area (Å²) >= 11 is 0. The van der Waals surface area contributed by atoms with Crippen molar-refractivity contribution in [2.24, 2.45) is 11.8 Å². The summed E-state index contributed by atoms with van der Waals surface area (Å²) in [6, 6.07) is 0. The Balaban J connectivity index is 1.59. The molecule has 0 N–H and O–H groups in total. The number of ether oxygens (including phenoxy) is 2. The molecule has 0 spiro atoms. The third kappa shape index (κ3) is 4.53. The molecule has 0 bridgehead atoms. The molecule has 0 amide bonds. The van der Waals surface area contributed by atoms with E-state index in [9.17, 15) is 8.42 Å². The van der Waals surface area contributed by atoms with E-state index < -0.39 is 10.0 Å². The largest absolute Gasteiger partial charge is 0.381 e. The third-order valence-electron chi connectivity index (χ3n) is 4.57. The Kier molecular flexibility index (Phi) is 5.35. The number of imidazole rings is 1. The maximum absolute atomic E-state index is 12.0. The zero-order valence-electron chi connectivity index (χ0n) is 13.6. The molecule has 7 nitrogen and oxygen atoms in total. The highest BCUT2D eigenvalue weighted by Gasteiger charge is 2.27. The van der Waals surface area contributed by atoms with Crippen LogP contribution in [0.2, 0.25) is 0 Å². The normalized spacial score (nSPS) is 24.3. The average molecular weight is 343 g/mol. The van der Waals surface area contributed by atoms with E-state index in [0.717, 1.165) is 44.9 Å². The van der Waals surface area contributed by atoms with E-state index in [-0.39, 0.29) is 5.92 Å². The van der Waals surface area contributed by atoms with Crippen LogP contribution in [0.1, 0.15) is 18.5 Å². The fraction of sp³-hybridized carbons (Fsp3) is 0.800. The summed E-state index contributed by atoms with van der Waals surface area (Å²) in [5, 5.41) is 0. The molecule has 1 aromatic heterocycles. The molecule has 3 rings (SSSR count). The lowest BCUT2D eigenvalue weighted by Gasteiger charge is -2.24. The second-order valence-electron chi connectivity index (χ2n) is 6.55. The van der Waals surface area contributed by atoms with E-state index in [1.54, 1.807) is 12.5 Å². The van der Waals surface area contributed by atoms with E-state index in [2.05, 4.69) is 4.98 Å². The zero-order valence-corrected chi connectivity index (χ0v) is 14.4. The molecule has 2 aliphatic heterocycles. The molecule has 1 saturated heterocycles. The topological polar surface area (TPSA) is 73.7 Å². The molecule has 0 saturated carbocycles. The monoisotopic (exact) mass is 343 g/mol. The first kappa shape index (κ1) is 16.9. The van der Waals surface area contributed by atoms with Crippen LogP contribution in [0.3, 0.4) is 0 Å². The average Bonchev–Trinajstić information content (AvgIpc) is 2.86. The summed E-state index contributed by atoms with van der Waals surface area (Å²) in [6.45, 7) is 4.56. The van der Waals surface area contributed by atoms with Crippen LogP contribution in [0.15, 0.2) is 12.5 Å². The van der Waals surface area contributed by atoms with Gasteiger partial charge in [-0.15, -0.1) is 0 Å². The van der Waals surface area contributed by atoms with Crippen molar-refractivity contribution in [3.63, 3.8) is 0 Å². The number of aromatic nitrogens is 2. The van der Waals surface area contributed by atoms with Crippen molar-refractivity contribution in [3.05, 3.63) is 18.2 Å². The molecule has 2 aliphatic rings. The number of fused-ring (bicyclic) bond motifs is 1. The SMILES string of the molecule is CS(=O)(=O)N1Cc2cncn2CC(COCC2CCOCC2)C1. The second-order valence-corrected chi connectivity index (χ2v) is 8.53. The molecule has 1 aromatic rings. The number of rotatable bonds is 5. The first-order valence-corrected chi connectivity index (χ1v) is 9.97. The number of hydrogen-bond acceptors (Lipinski definition) is 5. The standard InChI is InChI=1S/C15H25N3O4S/c1-23(19,20)18-8-14(7-17-12-16-6-15(17)9-18)11-22-10-13-2-4-21-5-3-13/h6,12-14H,2-5,7-11H2,1H3. The molecule has 8 heteroatoms. The van der Waals surface area contributed by atoms with Crippen LogP contribution in [0.4, 0.5) is 0 Å². The summed E-state index contributed by atoms with van der Waals surface area (Å²) in [7, 11) is -3.23. The van der Waals surface area contributed by atoms with Gasteiger partial charge in [0.25, 0.3) is 0 Å². The van der Waals surface area contributed by atoms with E-state index in [4.69, 9.17) is 9.47 Å². The van der Waals surface area contributed by atoms with E-state index >= 15 is 0 Å². The molecule has 1 atom stereocenters. The van der Waals surface area contributed by atoms with Crippen molar-refractivity contribution < 1.29 is 17.9 Å². The minimum Gasteiger partial charge on any atom is -0.381 e. The van der Waals surface area contributed by atoms with Crippen LogP contribution in [-0.4, -0.2) is 61.5 Å². The Morgan fingerprint density at radius 3 is 2.74 bits per heavy atom. The first-order chi connectivity index (χ1) is 11.0. The number of sulfonamides is 1. The molecule has 0 aromatic carbocycles. The smallest absolute Gasteiger partial charge is 0.211 e. The van der Waals surface area contributed by atoms with Gasteiger partial charge in [0.05, 0.1) is 31.4 Å². The highest BCUT2D eigenvalue weighted by Crippen LogP contribution is 2.20. The van der Waals surface area contributed by atoms with Crippen LogP contribution >= 0.6 is 0 Å². The highest BCUT2D eigenvalue weighted by atomic mass is 32.2. The Hall–Kier alpha value is -0.960. The van der Waals surface area contributed by atoms with Gasteiger partial charge in [-0.1, -0.05) is 0 Å². The minimum atomic E-state index is -3.23. The van der Waals surface area contributed by atoms with Gasteiger partial charge in [0.1, 0.15) is 0 Å². The Labute approximate surface area is 137 Å². The summed E-state index contributed by atoms with van der Waals surface area (Å²) in [5.41, 5.74) is 0.933. The van der Waals surface area contributed by atoms with Gasteiger partial charge in [0.15, 0.2) is 0 Å². The summed E-state index contributed by atoms with van der Waals surface area (Å²) in [5.74, 6) is 0.698. The number of nitrogens with zero attached hydrogens (tertiary/aromatic N) is 3. The quantitative estimate of drug-likeness (QED) is 0.787.